The maximum Gasteiger partial charge on any atom is 0.408 e. The number of alkyl carbamates (subject to hydrolysis) is 1. The summed E-state index contributed by atoms with van der Waals surface area (Å²) in [6.07, 6.45) is 1.27. The lowest BCUT2D eigenvalue weighted by Crippen LogP contribution is -2.56. The lowest BCUT2D eigenvalue weighted by Gasteiger charge is -2.26. The molecule has 3 aromatic carbocycles. The van der Waals surface area contributed by atoms with E-state index in [-0.39, 0.29) is 26.0 Å². The van der Waals surface area contributed by atoms with E-state index in [9.17, 15) is 33.9 Å². The number of carboxylic acids is 1. The zero-order valence-electron chi connectivity index (χ0n) is 32.7. The lowest BCUT2D eigenvalue weighted by molar-refractivity contribution is -0.152. The molecule has 15 nitrogen and oxygen atoms in total. The fraction of sp³-hybridized carbons (Fsp3) is 0.381. The normalized spacial score (nSPS) is 12.7. The molecule has 0 aliphatic heterocycles. The number of unbranched alkanes of at least 4 members (excludes halogenated alkanes) is 1. The molecule has 4 rings (SSSR count). The monoisotopic (exact) mass is 784 g/mol. The molecule has 1 aromatic heterocycles. The Kier molecular flexibility index (Phi) is 16.0. The molecule has 0 fully saturated rings. The fourth-order valence-corrected chi connectivity index (χ4v) is 5.97. The van der Waals surface area contributed by atoms with Crippen LogP contribution in [-0.4, -0.2) is 82.8 Å². The van der Waals surface area contributed by atoms with Crippen LogP contribution < -0.4 is 26.6 Å². The number of carbonyl (C=O) groups excluding carboxylic acids is 5. The molecule has 1 heterocycles. The Balaban J connectivity index is 1.49. The number of hydrogen-bond donors (Lipinski definition) is 7. The second-order valence-electron chi connectivity index (χ2n) is 14.6. The summed E-state index contributed by atoms with van der Waals surface area (Å²) in [6.45, 7) is 7.17. The molecule has 4 aromatic rings. The van der Waals surface area contributed by atoms with Crippen molar-refractivity contribution in [3.63, 3.8) is 0 Å². The van der Waals surface area contributed by atoms with Gasteiger partial charge >= 0.3 is 24.1 Å². The number of nitrogens with one attached hydrogen (secondary N) is 6. The first kappa shape index (κ1) is 43.3. The number of H-pyrrole nitrogens is 1. The largest absolute Gasteiger partial charge is 0.481 e. The number of benzene rings is 3. The Morgan fingerprint density at radius 3 is 2.23 bits per heavy atom. The first-order valence-corrected chi connectivity index (χ1v) is 18.9. The van der Waals surface area contributed by atoms with Crippen molar-refractivity contribution in [2.45, 2.75) is 89.9 Å². The SMILES string of the molecule is Cc1cccc(CCOC(=O)[C@H](CC(=O)O)NC(=O)[C@H](CCCCNC(=O)Nc2ccccc2)NC(=O)[C@H](Cc2c[nH]c3ccccc23)NC(=O)OC(C)(C)C)c1. The van der Waals surface area contributed by atoms with E-state index in [4.69, 9.17) is 9.47 Å². The predicted molar refractivity (Wildman–Crippen MR) is 214 cm³/mol. The standard InChI is InChI=1S/C42H52N6O9/c1-27-13-12-14-28(23-27)20-22-56-39(53)35(25-36(49)50)47-37(51)33(19-10-11-21-43-40(54)45-30-15-6-5-7-16-30)46-38(52)34(48-41(55)57-42(2,3)4)24-29-26-44-32-18-9-8-17-31(29)32/h5-9,12-18,23,26,33-35,44H,10-11,19-22,24-25H2,1-4H3,(H,46,52)(H,47,51)(H,48,55)(H,49,50)(H2,43,45,54)/t33-,34-,35-/m0/s1. The van der Waals surface area contributed by atoms with Crippen LogP contribution >= 0.6 is 0 Å². The number of aromatic nitrogens is 1. The van der Waals surface area contributed by atoms with Crippen LogP contribution in [0.15, 0.2) is 85.1 Å². The molecule has 3 atom stereocenters. The zero-order chi connectivity index (χ0) is 41.4. The highest BCUT2D eigenvalue weighted by molar-refractivity contribution is 5.94. The molecule has 15 heteroatoms. The first-order valence-electron chi connectivity index (χ1n) is 18.9. The van der Waals surface area contributed by atoms with Crippen molar-refractivity contribution >= 4 is 52.5 Å². The predicted octanol–water partition coefficient (Wildman–Crippen LogP) is 5.13. The number of aliphatic carboxylic acids is 1. The molecular formula is C42H52N6O9. The summed E-state index contributed by atoms with van der Waals surface area (Å²) < 4.78 is 10.8. The molecule has 0 aliphatic rings. The summed E-state index contributed by atoms with van der Waals surface area (Å²) in [7, 11) is 0. The number of carboxylic acid groups (broad SMARTS) is 1. The number of para-hydroxylation sites is 2. The molecule has 0 bridgehead atoms. The van der Waals surface area contributed by atoms with Gasteiger partial charge in [-0.05, 0) is 76.3 Å². The first-order chi connectivity index (χ1) is 27.2. The van der Waals surface area contributed by atoms with E-state index in [1.807, 2.05) is 61.5 Å². The van der Waals surface area contributed by atoms with Crippen LogP contribution in [0.4, 0.5) is 15.3 Å². The van der Waals surface area contributed by atoms with E-state index >= 15 is 0 Å². The maximum absolute atomic E-state index is 14.0. The van der Waals surface area contributed by atoms with Gasteiger partial charge in [-0.3, -0.25) is 14.4 Å². The van der Waals surface area contributed by atoms with Crippen LogP contribution in [0.3, 0.4) is 0 Å². The Labute approximate surface area is 331 Å². The third kappa shape index (κ3) is 15.0. The summed E-state index contributed by atoms with van der Waals surface area (Å²) in [5.74, 6) is -3.84. The second kappa shape index (κ2) is 21.1. The third-order valence-corrected chi connectivity index (χ3v) is 8.67. The van der Waals surface area contributed by atoms with Crippen LogP contribution in [0, 0.1) is 6.92 Å². The maximum atomic E-state index is 14.0. The third-order valence-electron chi connectivity index (χ3n) is 8.67. The van der Waals surface area contributed by atoms with Gasteiger partial charge in [0.2, 0.25) is 11.8 Å². The minimum absolute atomic E-state index is 0.0266. The molecule has 0 radical (unpaired) electrons. The van der Waals surface area contributed by atoms with E-state index in [0.29, 0.717) is 24.9 Å². The highest BCUT2D eigenvalue weighted by atomic mass is 16.6. The quantitative estimate of drug-likeness (QED) is 0.0495. The Hall–Kier alpha value is -6.38. The minimum atomic E-state index is -1.56. The average Bonchev–Trinajstić information content (AvgIpc) is 3.55. The number of rotatable bonds is 19. The Morgan fingerprint density at radius 1 is 0.807 bits per heavy atom. The van der Waals surface area contributed by atoms with E-state index in [1.165, 1.54) is 0 Å². The number of hydrogen-bond acceptors (Lipinski definition) is 8. The Bertz CT molecular complexity index is 1990. The topological polar surface area (TPSA) is 217 Å². The van der Waals surface area contributed by atoms with Crippen molar-refractivity contribution in [3.8, 4) is 0 Å². The van der Waals surface area contributed by atoms with Crippen LogP contribution in [0.1, 0.15) is 63.1 Å². The molecule has 7 N–H and O–H groups in total. The average molecular weight is 785 g/mol. The number of esters is 1. The zero-order valence-corrected chi connectivity index (χ0v) is 32.7. The van der Waals surface area contributed by atoms with Gasteiger partial charge < -0.3 is 46.1 Å². The van der Waals surface area contributed by atoms with Crippen molar-refractivity contribution < 1.29 is 43.3 Å². The minimum Gasteiger partial charge on any atom is -0.481 e. The molecule has 0 spiro atoms. The van der Waals surface area contributed by atoms with Gasteiger partial charge in [0.25, 0.3) is 0 Å². The number of anilines is 1. The van der Waals surface area contributed by atoms with E-state index < -0.39 is 66.0 Å². The number of amides is 5. The lowest BCUT2D eigenvalue weighted by atomic mass is 10.0. The van der Waals surface area contributed by atoms with Gasteiger partial charge in [-0.15, -0.1) is 0 Å². The second-order valence-corrected chi connectivity index (χ2v) is 14.6. The van der Waals surface area contributed by atoms with Gasteiger partial charge in [-0.2, -0.15) is 0 Å². The van der Waals surface area contributed by atoms with Crippen molar-refractivity contribution in [2.75, 3.05) is 18.5 Å². The van der Waals surface area contributed by atoms with Crippen molar-refractivity contribution in [3.05, 3.63) is 102 Å². The van der Waals surface area contributed by atoms with Gasteiger partial charge in [0, 0.05) is 42.2 Å². The van der Waals surface area contributed by atoms with Crippen LogP contribution in [-0.2, 0) is 41.5 Å². The van der Waals surface area contributed by atoms with Crippen molar-refractivity contribution in [1.29, 1.82) is 0 Å². The molecule has 304 valence electrons. The summed E-state index contributed by atoms with van der Waals surface area (Å²) in [6, 6.07) is 19.5. The van der Waals surface area contributed by atoms with E-state index in [1.54, 1.807) is 51.2 Å². The number of ether oxygens (including phenoxy) is 2. The number of aromatic amines is 1. The van der Waals surface area contributed by atoms with Crippen LogP contribution in [0.25, 0.3) is 10.9 Å². The molecule has 5 amide bonds. The molecule has 0 unspecified atom stereocenters. The summed E-state index contributed by atoms with van der Waals surface area (Å²) >= 11 is 0. The van der Waals surface area contributed by atoms with E-state index in [0.717, 1.165) is 27.6 Å². The van der Waals surface area contributed by atoms with Crippen molar-refractivity contribution in [2.24, 2.45) is 0 Å². The molecule has 57 heavy (non-hydrogen) atoms. The highest BCUT2D eigenvalue weighted by Crippen LogP contribution is 2.20. The number of urea groups is 1. The summed E-state index contributed by atoms with van der Waals surface area (Å²) in [5, 5.41) is 23.7. The van der Waals surface area contributed by atoms with E-state index in [2.05, 4.69) is 31.6 Å². The molecule has 0 saturated heterocycles. The smallest absolute Gasteiger partial charge is 0.408 e. The van der Waals surface area contributed by atoms with Crippen LogP contribution in [0.2, 0.25) is 0 Å². The fourth-order valence-electron chi connectivity index (χ4n) is 5.97. The summed E-state index contributed by atoms with van der Waals surface area (Å²) in [5.41, 5.74) is 3.23. The van der Waals surface area contributed by atoms with Gasteiger partial charge in [0.15, 0.2) is 0 Å². The van der Waals surface area contributed by atoms with Gasteiger partial charge in [-0.25, -0.2) is 14.4 Å². The van der Waals surface area contributed by atoms with Gasteiger partial charge in [0.05, 0.1) is 13.0 Å². The molecular weight excluding hydrogens is 732 g/mol. The molecule has 0 saturated carbocycles. The van der Waals surface area contributed by atoms with Gasteiger partial charge in [-0.1, -0.05) is 66.2 Å². The van der Waals surface area contributed by atoms with Crippen molar-refractivity contribution in [1.82, 2.24) is 26.3 Å². The number of carbonyl (C=O) groups is 6. The number of fused-ring (bicyclic) bond motifs is 1. The van der Waals surface area contributed by atoms with Crippen LogP contribution in [0.5, 0.6) is 0 Å². The Morgan fingerprint density at radius 2 is 1.51 bits per heavy atom. The highest BCUT2D eigenvalue weighted by Gasteiger charge is 2.32. The number of aryl methyl sites for hydroxylation is 1. The van der Waals surface area contributed by atoms with Gasteiger partial charge in [0.1, 0.15) is 23.7 Å². The summed E-state index contributed by atoms with van der Waals surface area (Å²) in [4.78, 5) is 81.4. The molecule has 0 aliphatic carbocycles.